The van der Waals surface area contributed by atoms with Gasteiger partial charge >= 0.3 is 0 Å². The van der Waals surface area contributed by atoms with Crippen molar-refractivity contribution in [2.45, 2.75) is 84.0 Å². The van der Waals surface area contributed by atoms with Crippen molar-refractivity contribution in [3.8, 4) is 11.3 Å². The average molecular weight is 424 g/mol. The van der Waals surface area contributed by atoms with Gasteiger partial charge in [0.1, 0.15) is 0 Å². The molecule has 2 aromatic carbocycles. The Balaban J connectivity index is 1.57. The molecule has 2 aliphatic rings. The van der Waals surface area contributed by atoms with E-state index in [-0.39, 0.29) is 10.8 Å². The second kappa shape index (κ2) is 7.30. The molecule has 1 fully saturated rings. The quantitative estimate of drug-likeness (QED) is 0.376. The Morgan fingerprint density at radius 3 is 2.41 bits per heavy atom. The van der Waals surface area contributed by atoms with Gasteiger partial charge in [0.15, 0.2) is 0 Å². The zero-order valence-electron chi connectivity index (χ0n) is 20.7. The normalized spacial score (nSPS) is 24.0. The van der Waals surface area contributed by atoms with Gasteiger partial charge in [-0.1, -0.05) is 65.0 Å². The van der Waals surface area contributed by atoms with Crippen LogP contribution < -0.4 is 0 Å². The Morgan fingerprint density at radius 1 is 0.906 bits per heavy atom. The van der Waals surface area contributed by atoms with E-state index in [1.165, 1.54) is 63.4 Å². The minimum atomic E-state index is 0.204. The SMILES string of the molecule is C=C1CC(C)CC(c2cc3cc(-c4ccc5c(c4)C(C)(C)CC5(C)C)ncc3cc2C)C1. The number of rotatable bonds is 2. The van der Waals surface area contributed by atoms with Crippen molar-refractivity contribution in [2.24, 2.45) is 5.92 Å². The van der Waals surface area contributed by atoms with E-state index in [0.29, 0.717) is 5.92 Å². The fraction of sp³-hybridized carbons (Fsp3) is 0.452. The first-order chi connectivity index (χ1) is 15.0. The molecule has 1 nitrogen and oxygen atoms in total. The van der Waals surface area contributed by atoms with Crippen molar-refractivity contribution in [3.63, 3.8) is 0 Å². The molecule has 0 N–H and O–H groups in total. The van der Waals surface area contributed by atoms with Gasteiger partial charge in [-0.25, -0.2) is 0 Å². The van der Waals surface area contributed by atoms with Gasteiger partial charge in [0.2, 0.25) is 0 Å². The lowest BCUT2D eigenvalue weighted by molar-refractivity contribution is 0.403. The van der Waals surface area contributed by atoms with Crippen molar-refractivity contribution >= 4 is 10.8 Å². The molecule has 2 atom stereocenters. The summed E-state index contributed by atoms with van der Waals surface area (Å²) in [4.78, 5) is 4.88. The van der Waals surface area contributed by atoms with Crippen LogP contribution in [0.1, 0.15) is 88.5 Å². The van der Waals surface area contributed by atoms with Gasteiger partial charge in [-0.15, -0.1) is 0 Å². The minimum Gasteiger partial charge on any atom is -0.256 e. The largest absolute Gasteiger partial charge is 0.256 e. The summed E-state index contributed by atoms with van der Waals surface area (Å²) < 4.78 is 0. The Bertz CT molecular complexity index is 1230. The third kappa shape index (κ3) is 3.60. The van der Waals surface area contributed by atoms with Crippen LogP contribution >= 0.6 is 0 Å². The molecule has 1 heterocycles. The van der Waals surface area contributed by atoms with Gasteiger partial charge in [-0.2, -0.15) is 0 Å². The van der Waals surface area contributed by atoms with Gasteiger partial charge in [-0.3, -0.25) is 4.98 Å². The monoisotopic (exact) mass is 423 g/mol. The first-order valence-electron chi connectivity index (χ1n) is 12.3. The molecule has 1 heteroatoms. The standard InChI is InChI=1S/C31H37N/c1-19-10-20(2)12-24(11-19)26-14-23-16-29(32-17-25(23)13-21(26)3)22-8-9-27-28(15-22)31(6,7)18-30(27,4)5/h8-9,13-17,20,24H,1,10-12,18H2,2-7H3. The molecule has 1 aromatic heterocycles. The van der Waals surface area contributed by atoms with Crippen molar-refractivity contribution in [1.82, 2.24) is 4.98 Å². The zero-order valence-corrected chi connectivity index (χ0v) is 20.7. The molecule has 0 radical (unpaired) electrons. The number of hydrogen-bond donors (Lipinski definition) is 0. The van der Waals surface area contributed by atoms with E-state index in [4.69, 9.17) is 4.98 Å². The number of fused-ring (bicyclic) bond motifs is 2. The molecule has 166 valence electrons. The number of hydrogen-bond acceptors (Lipinski definition) is 1. The number of aryl methyl sites for hydroxylation is 1. The highest BCUT2D eigenvalue weighted by atomic mass is 14.7. The molecular formula is C31H37N. The molecule has 2 aliphatic carbocycles. The van der Waals surface area contributed by atoms with Crippen molar-refractivity contribution in [1.29, 1.82) is 0 Å². The number of aromatic nitrogens is 1. The molecule has 3 aromatic rings. The summed E-state index contributed by atoms with van der Waals surface area (Å²) in [5.41, 5.74) is 10.0. The van der Waals surface area contributed by atoms with Crippen LogP contribution in [0, 0.1) is 12.8 Å². The number of pyridine rings is 1. The molecule has 0 aliphatic heterocycles. The number of nitrogens with zero attached hydrogens (tertiary/aromatic N) is 1. The molecule has 0 saturated heterocycles. The molecule has 2 unspecified atom stereocenters. The Labute approximate surface area is 194 Å². The lowest BCUT2D eigenvalue weighted by atomic mass is 9.75. The lowest BCUT2D eigenvalue weighted by Crippen LogP contribution is -2.17. The van der Waals surface area contributed by atoms with Crippen LogP contribution in [0.3, 0.4) is 0 Å². The van der Waals surface area contributed by atoms with Crippen LogP contribution in [0.5, 0.6) is 0 Å². The van der Waals surface area contributed by atoms with Gasteiger partial charge in [-0.05, 0) is 101 Å². The highest BCUT2D eigenvalue weighted by Gasteiger charge is 2.41. The molecule has 0 spiro atoms. The zero-order chi connectivity index (χ0) is 22.8. The maximum atomic E-state index is 4.88. The highest BCUT2D eigenvalue weighted by Crippen LogP contribution is 2.50. The second-order valence-corrected chi connectivity index (χ2v) is 12.0. The minimum absolute atomic E-state index is 0.204. The molecule has 0 amide bonds. The number of benzene rings is 2. The van der Waals surface area contributed by atoms with E-state index in [2.05, 4.69) is 90.7 Å². The Morgan fingerprint density at radius 2 is 1.66 bits per heavy atom. The van der Waals surface area contributed by atoms with E-state index < -0.39 is 0 Å². The first kappa shape index (κ1) is 21.4. The predicted molar refractivity (Wildman–Crippen MR) is 137 cm³/mol. The fourth-order valence-corrected chi connectivity index (χ4v) is 6.89. The van der Waals surface area contributed by atoms with Gasteiger partial charge in [0.05, 0.1) is 5.69 Å². The van der Waals surface area contributed by atoms with Crippen LogP contribution in [0.25, 0.3) is 22.0 Å². The van der Waals surface area contributed by atoms with Crippen LogP contribution in [0.2, 0.25) is 0 Å². The van der Waals surface area contributed by atoms with Gasteiger partial charge < -0.3 is 0 Å². The second-order valence-electron chi connectivity index (χ2n) is 12.0. The van der Waals surface area contributed by atoms with E-state index in [1.807, 2.05) is 0 Å². The Kier molecular flexibility index (Phi) is 4.89. The lowest BCUT2D eigenvalue weighted by Gasteiger charge is -2.30. The first-order valence-corrected chi connectivity index (χ1v) is 12.3. The fourth-order valence-electron chi connectivity index (χ4n) is 6.89. The third-order valence-corrected chi connectivity index (χ3v) is 8.06. The van der Waals surface area contributed by atoms with Crippen LogP contribution in [-0.4, -0.2) is 4.98 Å². The summed E-state index contributed by atoms with van der Waals surface area (Å²) in [6.07, 6.45) is 6.83. The Hall–Kier alpha value is -2.41. The summed E-state index contributed by atoms with van der Waals surface area (Å²) in [7, 11) is 0. The predicted octanol–water partition coefficient (Wildman–Crippen LogP) is 8.63. The van der Waals surface area contributed by atoms with E-state index in [1.54, 1.807) is 0 Å². The number of allylic oxidation sites excluding steroid dienone is 1. The summed E-state index contributed by atoms with van der Waals surface area (Å²) in [5.74, 6) is 1.32. The van der Waals surface area contributed by atoms with Gasteiger partial charge in [0, 0.05) is 17.1 Å². The summed E-state index contributed by atoms with van der Waals surface area (Å²) >= 11 is 0. The van der Waals surface area contributed by atoms with Gasteiger partial charge in [0.25, 0.3) is 0 Å². The van der Waals surface area contributed by atoms with E-state index in [9.17, 15) is 0 Å². The average Bonchev–Trinajstić information content (AvgIpc) is 2.90. The molecule has 5 rings (SSSR count). The smallest absolute Gasteiger partial charge is 0.0708 e. The van der Waals surface area contributed by atoms with E-state index >= 15 is 0 Å². The van der Waals surface area contributed by atoms with Crippen molar-refractivity contribution in [2.75, 3.05) is 0 Å². The summed E-state index contributed by atoms with van der Waals surface area (Å²) in [5, 5.41) is 2.54. The topological polar surface area (TPSA) is 12.9 Å². The van der Waals surface area contributed by atoms with Crippen molar-refractivity contribution in [3.05, 3.63) is 77.0 Å². The molecule has 0 bridgehead atoms. The summed E-state index contributed by atoms with van der Waals surface area (Å²) in [6.45, 7) is 18.5. The maximum Gasteiger partial charge on any atom is 0.0708 e. The third-order valence-electron chi connectivity index (χ3n) is 8.06. The van der Waals surface area contributed by atoms with Crippen LogP contribution in [-0.2, 0) is 10.8 Å². The van der Waals surface area contributed by atoms with E-state index in [0.717, 1.165) is 18.0 Å². The summed E-state index contributed by atoms with van der Waals surface area (Å²) in [6, 6.07) is 14.1. The van der Waals surface area contributed by atoms with Crippen LogP contribution in [0.15, 0.2) is 54.7 Å². The van der Waals surface area contributed by atoms with Crippen molar-refractivity contribution < 1.29 is 0 Å². The van der Waals surface area contributed by atoms with Crippen LogP contribution in [0.4, 0.5) is 0 Å². The maximum absolute atomic E-state index is 4.88. The highest BCUT2D eigenvalue weighted by molar-refractivity contribution is 5.87. The molecule has 32 heavy (non-hydrogen) atoms. The molecular weight excluding hydrogens is 386 g/mol. The molecule has 1 saturated carbocycles.